The van der Waals surface area contributed by atoms with Crippen molar-refractivity contribution in [2.75, 3.05) is 12.3 Å². The van der Waals surface area contributed by atoms with Crippen LogP contribution < -0.4 is 11.6 Å². The Bertz CT molecular complexity index is 925. The Kier molecular flexibility index (Phi) is 4.94. The quantitative estimate of drug-likeness (QED) is 0.145. The third-order valence-corrected chi connectivity index (χ3v) is 4.78. The van der Waals surface area contributed by atoms with Crippen molar-refractivity contribution < 1.29 is 33.8 Å². The number of nitrogens with two attached hydrogens (primary N) is 2. The fourth-order valence-corrected chi connectivity index (χ4v) is 3.38. The SMILES string of the molecule is C[C@@]1(O)[C@H](O)[C@@H](COP(=O)(O)O)O[C@H]1n1cc(/C=N/N)c2c(N)ncnc21. The zero-order chi connectivity index (χ0) is 20.0. The number of hydrogen-bond donors (Lipinski definition) is 6. The van der Waals surface area contributed by atoms with Crippen LogP contribution in [0.1, 0.15) is 18.7 Å². The third kappa shape index (κ3) is 3.53. The van der Waals surface area contributed by atoms with Gasteiger partial charge in [-0.1, -0.05) is 0 Å². The van der Waals surface area contributed by atoms with Crippen LogP contribution in [0, 0.1) is 0 Å². The van der Waals surface area contributed by atoms with E-state index in [2.05, 4.69) is 19.6 Å². The maximum absolute atomic E-state index is 10.9. The number of rotatable bonds is 5. The average Bonchev–Trinajstić information content (AvgIpc) is 3.03. The minimum absolute atomic E-state index is 0.147. The lowest BCUT2D eigenvalue weighted by Crippen LogP contribution is -2.44. The van der Waals surface area contributed by atoms with Crippen molar-refractivity contribution in [1.29, 1.82) is 0 Å². The van der Waals surface area contributed by atoms with Crippen molar-refractivity contribution >= 4 is 30.9 Å². The molecule has 8 N–H and O–H groups in total. The first-order chi connectivity index (χ1) is 12.6. The molecule has 27 heavy (non-hydrogen) atoms. The van der Waals surface area contributed by atoms with Crippen molar-refractivity contribution in [3.05, 3.63) is 18.1 Å². The number of ether oxygens (including phenoxy) is 1. The molecule has 3 heterocycles. The molecule has 0 unspecified atom stereocenters. The van der Waals surface area contributed by atoms with Crippen molar-refractivity contribution in [2.24, 2.45) is 10.9 Å². The minimum atomic E-state index is -4.78. The first kappa shape index (κ1) is 19.6. The third-order valence-electron chi connectivity index (χ3n) is 4.30. The van der Waals surface area contributed by atoms with Gasteiger partial charge >= 0.3 is 7.82 Å². The highest BCUT2D eigenvalue weighted by molar-refractivity contribution is 7.46. The minimum Gasteiger partial charge on any atom is -0.387 e. The van der Waals surface area contributed by atoms with Crippen LogP contribution in [-0.4, -0.2) is 65.2 Å². The average molecular weight is 402 g/mol. The largest absolute Gasteiger partial charge is 0.469 e. The molecule has 2 aromatic rings. The van der Waals surface area contributed by atoms with E-state index in [1.165, 1.54) is 30.2 Å². The molecule has 14 heteroatoms. The van der Waals surface area contributed by atoms with Crippen LogP contribution in [0.4, 0.5) is 5.82 Å². The first-order valence-electron chi connectivity index (χ1n) is 7.66. The Morgan fingerprint density at radius 3 is 2.85 bits per heavy atom. The van der Waals surface area contributed by atoms with Crippen LogP contribution in [0.15, 0.2) is 17.6 Å². The van der Waals surface area contributed by atoms with E-state index in [0.29, 0.717) is 10.9 Å². The predicted molar refractivity (Wildman–Crippen MR) is 92.3 cm³/mol. The van der Waals surface area contributed by atoms with Gasteiger partial charge in [-0.15, -0.1) is 0 Å². The summed E-state index contributed by atoms with van der Waals surface area (Å²) in [6.45, 7) is 0.679. The number of fused-ring (bicyclic) bond motifs is 1. The molecule has 0 aromatic carbocycles. The molecule has 13 nitrogen and oxygen atoms in total. The number of hydrogen-bond acceptors (Lipinski definition) is 10. The maximum Gasteiger partial charge on any atom is 0.469 e. The summed E-state index contributed by atoms with van der Waals surface area (Å²) in [6.07, 6.45) is 0.149. The lowest BCUT2D eigenvalue weighted by atomic mass is 9.96. The number of aromatic nitrogens is 3. The van der Waals surface area contributed by atoms with E-state index in [1.54, 1.807) is 0 Å². The van der Waals surface area contributed by atoms with Crippen LogP contribution in [0.5, 0.6) is 0 Å². The topological polar surface area (TPSA) is 212 Å². The molecule has 2 aromatic heterocycles. The highest BCUT2D eigenvalue weighted by atomic mass is 31.2. The standard InChI is InChI=1S/C13H19N6O7P/c1-13(21)9(20)7(4-25-27(22,23)24)26-12(13)19-3-6(2-18-15)8-10(14)16-5-17-11(8)19/h2-3,5,7,9,12,20-21H,4,15H2,1H3,(H2,14,16,17)(H2,22,23,24)/b18-2+/t7-,9-,12-,13-/m1/s1. The molecular weight excluding hydrogens is 383 g/mol. The van der Waals surface area contributed by atoms with Gasteiger partial charge in [0.25, 0.3) is 0 Å². The zero-order valence-electron chi connectivity index (χ0n) is 14.1. The van der Waals surface area contributed by atoms with E-state index in [4.69, 9.17) is 26.1 Å². The zero-order valence-corrected chi connectivity index (χ0v) is 15.0. The second kappa shape index (κ2) is 6.80. The van der Waals surface area contributed by atoms with E-state index < -0.39 is 38.5 Å². The summed E-state index contributed by atoms with van der Waals surface area (Å²) >= 11 is 0. The van der Waals surface area contributed by atoms with Gasteiger partial charge in [-0.25, -0.2) is 14.5 Å². The number of hydrazone groups is 1. The van der Waals surface area contributed by atoms with Gasteiger partial charge in [-0.3, -0.25) is 4.52 Å². The number of anilines is 1. The summed E-state index contributed by atoms with van der Waals surface area (Å²) in [6, 6.07) is 0. The molecule has 0 amide bonds. The molecule has 0 aliphatic carbocycles. The highest BCUT2D eigenvalue weighted by Gasteiger charge is 2.54. The van der Waals surface area contributed by atoms with E-state index in [-0.39, 0.29) is 11.5 Å². The molecule has 0 spiro atoms. The second-order valence-corrected chi connectivity index (χ2v) is 7.45. The molecule has 1 aliphatic heterocycles. The maximum atomic E-state index is 10.9. The van der Waals surface area contributed by atoms with Crippen LogP contribution in [0.3, 0.4) is 0 Å². The smallest absolute Gasteiger partial charge is 0.387 e. The van der Waals surface area contributed by atoms with Crippen molar-refractivity contribution in [3.63, 3.8) is 0 Å². The van der Waals surface area contributed by atoms with Gasteiger partial charge in [0.2, 0.25) is 0 Å². The fraction of sp³-hybridized carbons (Fsp3) is 0.462. The van der Waals surface area contributed by atoms with Gasteiger partial charge in [0.05, 0.1) is 18.2 Å². The van der Waals surface area contributed by atoms with Crippen LogP contribution in [0.2, 0.25) is 0 Å². The summed E-state index contributed by atoms with van der Waals surface area (Å²) in [5.74, 6) is 5.36. The number of aliphatic hydroxyl groups is 2. The normalized spacial score (nSPS) is 29.1. The lowest BCUT2D eigenvalue weighted by Gasteiger charge is -2.27. The van der Waals surface area contributed by atoms with Crippen molar-refractivity contribution in [1.82, 2.24) is 14.5 Å². The lowest BCUT2D eigenvalue weighted by molar-refractivity contribution is -0.0947. The Labute approximate surface area is 152 Å². The number of phosphoric ester groups is 1. The van der Waals surface area contributed by atoms with E-state index >= 15 is 0 Å². The Morgan fingerprint density at radius 2 is 2.22 bits per heavy atom. The molecule has 1 saturated heterocycles. The molecule has 148 valence electrons. The number of phosphoric acid groups is 1. The Balaban J connectivity index is 2.03. The molecule has 1 fully saturated rings. The van der Waals surface area contributed by atoms with Crippen molar-refractivity contribution in [3.8, 4) is 0 Å². The van der Waals surface area contributed by atoms with Gasteiger partial charge in [0, 0.05) is 11.8 Å². The molecule has 0 saturated carbocycles. The van der Waals surface area contributed by atoms with Gasteiger partial charge < -0.3 is 40.9 Å². The Hall–Kier alpha value is -2.12. The van der Waals surface area contributed by atoms with Crippen molar-refractivity contribution in [2.45, 2.75) is 31.0 Å². The summed E-state index contributed by atoms with van der Waals surface area (Å²) < 4.78 is 22.3. The summed E-state index contributed by atoms with van der Waals surface area (Å²) in [4.78, 5) is 25.7. The summed E-state index contributed by atoms with van der Waals surface area (Å²) in [7, 11) is -4.78. The number of nitrogen functional groups attached to an aromatic ring is 1. The van der Waals surface area contributed by atoms with E-state index in [0.717, 1.165) is 0 Å². The monoisotopic (exact) mass is 402 g/mol. The fourth-order valence-electron chi connectivity index (χ4n) is 3.04. The number of aliphatic hydroxyl groups excluding tert-OH is 1. The molecule has 3 rings (SSSR count). The van der Waals surface area contributed by atoms with E-state index in [9.17, 15) is 14.8 Å². The summed E-state index contributed by atoms with van der Waals surface area (Å²) in [5.41, 5.74) is 4.79. The molecular formula is C13H19N6O7P. The molecule has 0 radical (unpaired) electrons. The molecule has 1 aliphatic rings. The Morgan fingerprint density at radius 1 is 1.52 bits per heavy atom. The van der Waals surface area contributed by atoms with Gasteiger partial charge in [0.1, 0.15) is 35.6 Å². The van der Waals surface area contributed by atoms with E-state index in [1.807, 2.05) is 0 Å². The number of nitrogens with zero attached hydrogens (tertiary/aromatic N) is 4. The summed E-state index contributed by atoms with van der Waals surface area (Å²) in [5, 5.41) is 25.0. The molecule has 0 bridgehead atoms. The van der Waals surface area contributed by atoms with Gasteiger partial charge in [-0.05, 0) is 6.92 Å². The predicted octanol–water partition coefficient (Wildman–Crippen LogP) is -1.58. The highest BCUT2D eigenvalue weighted by Crippen LogP contribution is 2.43. The van der Waals surface area contributed by atoms with Crippen LogP contribution >= 0.6 is 7.82 Å². The van der Waals surface area contributed by atoms with Crippen LogP contribution in [-0.2, 0) is 13.8 Å². The van der Waals surface area contributed by atoms with Crippen LogP contribution in [0.25, 0.3) is 11.0 Å². The second-order valence-electron chi connectivity index (χ2n) is 6.21. The van der Waals surface area contributed by atoms with Gasteiger partial charge in [-0.2, -0.15) is 5.10 Å². The van der Waals surface area contributed by atoms with Gasteiger partial charge in [0.15, 0.2) is 6.23 Å². The first-order valence-corrected chi connectivity index (χ1v) is 9.19. The molecule has 4 atom stereocenters.